The Morgan fingerprint density at radius 1 is 1.35 bits per heavy atom. The van der Waals surface area contributed by atoms with Gasteiger partial charge in [0.15, 0.2) is 0 Å². The van der Waals surface area contributed by atoms with Gasteiger partial charge in [-0.3, -0.25) is 4.79 Å². The van der Waals surface area contributed by atoms with Crippen LogP contribution in [0.1, 0.15) is 46.0 Å². The normalized spacial score (nSPS) is 20.1. The summed E-state index contributed by atoms with van der Waals surface area (Å²) >= 11 is 0. The van der Waals surface area contributed by atoms with Crippen LogP contribution in [-0.2, 0) is 19.7 Å². The van der Waals surface area contributed by atoms with Crippen molar-refractivity contribution in [3.63, 3.8) is 0 Å². The number of ether oxygens (including phenoxy) is 1. The van der Waals surface area contributed by atoms with E-state index < -0.39 is 16.2 Å². The molecule has 0 heterocycles. The molecule has 0 aromatic rings. The molecule has 0 radical (unpaired) electrons. The van der Waals surface area contributed by atoms with Crippen molar-refractivity contribution in [2.75, 3.05) is 20.7 Å². The molecule has 6 nitrogen and oxygen atoms in total. The number of nitrogens with one attached hydrogen (secondary N) is 1. The molecule has 1 aliphatic rings. The lowest BCUT2D eigenvalue weighted by molar-refractivity contribution is -0.140. The van der Waals surface area contributed by atoms with Crippen LogP contribution in [0.5, 0.6) is 0 Å². The number of nitrogens with zero attached hydrogens (tertiary/aromatic N) is 1. The lowest BCUT2D eigenvalue weighted by atomic mass is 9.76. The van der Waals surface area contributed by atoms with Crippen LogP contribution in [0.15, 0.2) is 0 Å². The second-order valence-electron chi connectivity index (χ2n) is 6.21. The maximum absolute atomic E-state index is 12.1. The average Bonchev–Trinajstić information content (AvgIpc) is 2.37. The standard InChI is InChI=1S/C13H26N2O4S/c1-13(2)8-5-11(6-9-13)14-20(17,18)15(3)10-7-12(16)19-4/h11,14H,5-10H2,1-4H3. The first kappa shape index (κ1) is 17.4. The SMILES string of the molecule is COC(=O)CCN(C)S(=O)(=O)NC1CCC(C)(C)CC1. The third-order valence-electron chi connectivity index (χ3n) is 3.92. The quantitative estimate of drug-likeness (QED) is 0.750. The molecule has 7 heteroatoms. The van der Waals surface area contributed by atoms with Crippen molar-refractivity contribution in [3.05, 3.63) is 0 Å². The molecule has 1 N–H and O–H groups in total. The highest BCUT2D eigenvalue weighted by atomic mass is 32.2. The maximum atomic E-state index is 12.1. The van der Waals surface area contributed by atoms with E-state index in [-0.39, 0.29) is 19.0 Å². The summed E-state index contributed by atoms with van der Waals surface area (Å²) in [5, 5.41) is 0. The maximum Gasteiger partial charge on any atom is 0.306 e. The number of hydrogen-bond donors (Lipinski definition) is 1. The summed E-state index contributed by atoms with van der Waals surface area (Å²) in [6, 6.07) is -0.00592. The fourth-order valence-corrected chi connectivity index (χ4v) is 3.46. The van der Waals surface area contributed by atoms with E-state index >= 15 is 0 Å². The number of methoxy groups -OCH3 is 1. The van der Waals surface area contributed by atoms with Crippen molar-refractivity contribution in [1.29, 1.82) is 0 Å². The van der Waals surface area contributed by atoms with Crippen LogP contribution >= 0.6 is 0 Å². The van der Waals surface area contributed by atoms with Crippen LogP contribution in [0.3, 0.4) is 0 Å². The van der Waals surface area contributed by atoms with Crippen LogP contribution in [0.4, 0.5) is 0 Å². The first-order valence-corrected chi connectivity index (χ1v) is 8.41. The fourth-order valence-electron chi connectivity index (χ4n) is 2.29. The van der Waals surface area contributed by atoms with Gasteiger partial charge in [-0.25, -0.2) is 0 Å². The summed E-state index contributed by atoms with van der Waals surface area (Å²) in [7, 11) is -0.765. The second-order valence-corrected chi connectivity index (χ2v) is 8.02. The van der Waals surface area contributed by atoms with Crippen LogP contribution in [0.2, 0.25) is 0 Å². The van der Waals surface area contributed by atoms with Crippen LogP contribution in [0, 0.1) is 5.41 Å². The summed E-state index contributed by atoms with van der Waals surface area (Å²) in [6.07, 6.45) is 3.82. The summed E-state index contributed by atoms with van der Waals surface area (Å²) < 4.78 is 32.6. The molecule has 0 aliphatic heterocycles. The van der Waals surface area contributed by atoms with Gasteiger partial charge in [-0.05, 0) is 31.1 Å². The molecule has 0 aromatic heterocycles. The van der Waals surface area contributed by atoms with Gasteiger partial charge in [0.2, 0.25) is 0 Å². The van der Waals surface area contributed by atoms with Crippen LogP contribution in [-0.4, -0.2) is 45.4 Å². The van der Waals surface area contributed by atoms with E-state index in [1.165, 1.54) is 18.5 Å². The van der Waals surface area contributed by atoms with Gasteiger partial charge < -0.3 is 4.74 Å². The smallest absolute Gasteiger partial charge is 0.306 e. The van der Waals surface area contributed by atoms with Crippen molar-refractivity contribution in [3.8, 4) is 0 Å². The summed E-state index contributed by atoms with van der Waals surface area (Å²) in [4.78, 5) is 11.0. The van der Waals surface area contributed by atoms with E-state index in [1.807, 2.05) is 0 Å². The molecule has 0 spiro atoms. The van der Waals surface area contributed by atoms with Gasteiger partial charge in [0.1, 0.15) is 0 Å². The molecule has 1 fully saturated rings. The molecule has 1 rings (SSSR count). The Morgan fingerprint density at radius 2 is 1.90 bits per heavy atom. The Kier molecular flexibility index (Phi) is 5.97. The van der Waals surface area contributed by atoms with Crippen molar-refractivity contribution < 1.29 is 17.9 Å². The Hall–Kier alpha value is -0.660. The van der Waals surface area contributed by atoms with Crippen molar-refractivity contribution in [1.82, 2.24) is 9.03 Å². The first-order chi connectivity index (χ1) is 9.16. The predicted octanol–water partition coefficient (Wildman–Crippen LogP) is 1.28. The lowest BCUT2D eigenvalue weighted by Gasteiger charge is -2.35. The summed E-state index contributed by atoms with van der Waals surface area (Å²) in [5.41, 5.74) is 0.304. The molecule has 0 unspecified atom stereocenters. The minimum Gasteiger partial charge on any atom is -0.469 e. The molecule has 0 bridgehead atoms. The topological polar surface area (TPSA) is 75.7 Å². The molecule has 0 amide bonds. The number of esters is 1. The number of hydrogen-bond acceptors (Lipinski definition) is 4. The first-order valence-electron chi connectivity index (χ1n) is 6.97. The van der Waals surface area contributed by atoms with Gasteiger partial charge in [-0.1, -0.05) is 13.8 Å². The summed E-state index contributed by atoms with van der Waals surface area (Å²) in [5.74, 6) is -0.411. The van der Waals surface area contributed by atoms with E-state index in [4.69, 9.17) is 0 Å². The van der Waals surface area contributed by atoms with Gasteiger partial charge in [0, 0.05) is 19.6 Å². The number of carbonyl (C=O) groups excluding carboxylic acids is 1. The molecular weight excluding hydrogens is 280 g/mol. The fraction of sp³-hybridized carbons (Fsp3) is 0.923. The largest absolute Gasteiger partial charge is 0.469 e. The highest BCUT2D eigenvalue weighted by Gasteiger charge is 2.30. The molecule has 1 aliphatic carbocycles. The van der Waals surface area contributed by atoms with Gasteiger partial charge >= 0.3 is 5.97 Å². The van der Waals surface area contributed by atoms with E-state index in [9.17, 15) is 13.2 Å². The Morgan fingerprint density at radius 3 is 2.40 bits per heavy atom. The Balaban J connectivity index is 2.47. The monoisotopic (exact) mass is 306 g/mol. The van der Waals surface area contributed by atoms with E-state index in [1.54, 1.807) is 0 Å². The number of rotatable bonds is 6. The Bertz CT molecular complexity index is 424. The van der Waals surface area contributed by atoms with E-state index in [2.05, 4.69) is 23.3 Å². The minimum absolute atomic E-state index is 0.00592. The molecular formula is C13H26N2O4S. The van der Waals surface area contributed by atoms with E-state index in [0.29, 0.717) is 5.41 Å². The highest BCUT2D eigenvalue weighted by Crippen LogP contribution is 2.35. The third kappa shape index (κ3) is 5.38. The van der Waals surface area contributed by atoms with E-state index in [0.717, 1.165) is 25.7 Å². The molecule has 1 saturated carbocycles. The predicted molar refractivity (Wildman–Crippen MR) is 77.4 cm³/mol. The molecule has 20 heavy (non-hydrogen) atoms. The average molecular weight is 306 g/mol. The van der Waals surface area contributed by atoms with Gasteiger partial charge in [0.05, 0.1) is 13.5 Å². The second kappa shape index (κ2) is 6.87. The number of carbonyl (C=O) groups is 1. The molecule has 0 saturated heterocycles. The summed E-state index contributed by atoms with van der Waals surface area (Å²) in [6.45, 7) is 4.54. The zero-order valence-corrected chi connectivity index (χ0v) is 13.6. The third-order valence-corrected chi connectivity index (χ3v) is 5.56. The molecule has 118 valence electrons. The van der Waals surface area contributed by atoms with Crippen molar-refractivity contribution in [2.45, 2.75) is 52.0 Å². The Labute approximate surface area is 122 Å². The van der Waals surface area contributed by atoms with Gasteiger partial charge in [-0.2, -0.15) is 17.4 Å². The van der Waals surface area contributed by atoms with Crippen LogP contribution in [0.25, 0.3) is 0 Å². The molecule has 0 aromatic carbocycles. The van der Waals surface area contributed by atoms with Gasteiger partial charge in [-0.15, -0.1) is 0 Å². The molecule has 0 atom stereocenters. The zero-order valence-electron chi connectivity index (χ0n) is 12.8. The van der Waals surface area contributed by atoms with Gasteiger partial charge in [0.25, 0.3) is 10.2 Å². The highest BCUT2D eigenvalue weighted by molar-refractivity contribution is 7.87. The lowest BCUT2D eigenvalue weighted by Crippen LogP contribution is -2.46. The van der Waals surface area contributed by atoms with Crippen molar-refractivity contribution >= 4 is 16.2 Å². The van der Waals surface area contributed by atoms with Crippen molar-refractivity contribution in [2.24, 2.45) is 5.41 Å². The zero-order chi connectivity index (χ0) is 15.4. The van der Waals surface area contributed by atoms with Crippen LogP contribution < -0.4 is 4.72 Å². The minimum atomic E-state index is -3.53.